The van der Waals surface area contributed by atoms with E-state index in [1.807, 2.05) is 48.5 Å². The molecule has 2 aromatic carbocycles. The van der Waals surface area contributed by atoms with Crippen molar-refractivity contribution in [1.29, 1.82) is 0 Å². The highest BCUT2D eigenvalue weighted by atomic mass is 16.2. The first-order valence-electron chi connectivity index (χ1n) is 8.26. The predicted octanol–water partition coefficient (Wildman–Crippen LogP) is 4.11. The standard InChI is InChI=1S/C20H22N2O/c1-2-9-19(16-12-7-4-8-13-16)21-22-20(23)18-14-17(18)15-10-5-3-6-11-15/h3-8,10-13,17-18H,2,9,14H2,1H3,(H,22,23)/t17-,18+/m1/s1. The molecule has 1 aliphatic rings. The fourth-order valence-corrected chi connectivity index (χ4v) is 2.89. The van der Waals surface area contributed by atoms with Crippen LogP contribution < -0.4 is 5.43 Å². The van der Waals surface area contributed by atoms with Gasteiger partial charge in [-0.15, -0.1) is 0 Å². The first-order valence-corrected chi connectivity index (χ1v) is 8.26. The molecule has 3 heteroatoms. The Morgan fingerprint density at radius 2 is 1.74 bits per heavy atom. The Balaban J connectivity index is 1.63. The lowest BCUT2D eigenvalue weighted by atomic mass is 10.1. The van der Waals surface area contributed by atoms with Gasteiger partial charge in [0, 0.05) is 5.92 Å². The minimum atomic E-state index is 0.0309. The number of hydrazone groups is 1. The summed E-state index contributed by atoms with van der Waals surface area (Å²) in [5, 5.41) is 4.39. The molecule has 2 aromatic rings. The van der Waals surface area contributed by atoms with Crippen LogP contribution in [0.15, 0.2) is 65.8 Å². The van der Waals surface area contributed by atoms with E-state index in [0.29, 0.717) is 5.92 Å². The van der Waals surface area contributed by atoms with Crippen LogP contribution in [0.25, 0.3) is 0 Å². The molecule has 0 aliphatic heterocycles. The van der Waals surface area contributed by atoms with Gasteiger partial charge in [-0.25, -0.2) is 5.43 Å². The maximum absolute atomic E-state index is 12.3. The highest BCUT2D eigenvalue weighted by molar-refractivity contribution is 6.01. The predicted molar refractivity (Wildman–Crippen MR) is 93.3 cm³/mol. The summed E-state index contributed by atoms with van der Waals surface area (Å²) in [6.45, 7) is 2.12. The van der Waals surface area contributed by atoms with Crippen molar-refractivity contribution < 1.29 is 4.79 Å². The molecule has 1 fully saturated rings. The highest BCUT2D eigenvalue weighted by Crippen LogP contribution is 2.47. The summed E-state index contributed by atoms with van der Waals surface area (Å²) in [4.78, 5) is 12.3. The second-order valence-electron chi connectivity index (χ2n) is 6.01. The second-order valence-corrected chi connectivity index (χ2v) is 6.01. The molecule has 0 bridgehead atoms. The second kappa shape index (κ2) is 7.23. The molecule has 0 spiro atoms. The van der Waals surface area contributed by atoms with Crippen LogP contribution in [-0.2, 0) is 4.79 Å². The summed E-state index contributed by atoms with van der Waals surface area (Å²) in [5.41, 5.74) is 6.04. The Hall–Kier alpha value is -2.42. The lowest BCUT2D eigenvalue weighted by Crippen LogP contribution is -2.22. The number of nitrogens with zero attached hydrogens (tertiary/aromatic N) is 1. The summed E-state index contributed by atoms with van der Waals surface area (Å²) < 4.78 is 0. The van der Waals surface area contributed by atoms with E-state index in [4.69, 9.17) is 0 Å². The SMILES string of the molecule is CCCC(=NNC(=O)[C@H]1C[C@@H]1c1ccccc1)c1ccccc1. The van der Waals surface area contributed by atoms with Gasteiger partial charge in [-0.1, -0.05) is 74.0 Å². The normalized spacial score (nSPS) is 20.1. The number of benzene rings is 2. The van der Waals surface area contributed by atoms with Crippen LogP contribution in [0, 0.1) is 5.92 Å². The quantitative estimate of drug-likeness (QED) is 0.633. The maximum Gasteiger partial charge on any atom is 0.243 e. The summed E-state index contributed by atoms with van der Waals surface area (Å²) >= 11 is 0. The third-order valence-electron chi connectivity index (χ3n) is 4.25. The summed E-state index contributed by atoms with van der Waals surface area (Å²) in [6, 6.07) is 20.3. The minimum absolute atomic E-state index is 0.0309. The molecule has 1 aliphatic carbocycles. The van der Waals surface area contributed by atoms with E-state index < -0.39 is 0 Å². The Kier molecular flexibility index (Phi) is 4.86. The smallest absolute Gasteiger partial charge is 0.243 e. The van der Waals surface area contributed by atoms with E-state index in [2.05, 4.69) is 29.6 Å². The number of hydrogen-bond acceptors (Lipinski definition) is 2. The molecule has 3 rings (SSSR count). The first-order chi connectivity index (χ1) is 11.3. The number of carbonyl (C=O) groups is 1. The van der Waals surface area contributed by atoms with Crippen LogP contribution in [0.5, 0.6) is 0 Å². The van der Waals surface area contributed by atoms with Gasteiger partial charge in [0.2, 0.25) is 5.91 Å². The molecule has 1 amide bonds. The van der Waals surface area contributed by atoms with Gasteiger partial charge < -0.3 is 0 Å². The van der Waals surface area contributed by atoms with E-state index >= 15 is 0 Å². The molecule has 0 saturated heterocycles. The molecule has 0 unspecified atom stereocenters. The molecule has 118 valence electrons. The van der Waals surface area contributed by atoms with Gasteiger partial charge in [-0.2, -0.15) is 5.10 Å². The Bertz CT molecular complexity index is 679. The molecule has 3 nitrogen and oxygen atoms in total. The van der Waals surface area contributed by atoms with Crippen molar-refractivity contribution in [3.8, 4) is 0 Å². The van der Waals surface area contributed by atoms with Gasteiger partial charge in [0.05, 0.1) is 5.71 Å². The summed E-state index contributed by atoms with van der Waals surface area (Å²) in [6.07, 6.45) is 2.77. The van der Waals surface area contributed by atoms with Crippen LogP contribution in [-0.4, -0.2) is 11.6 Å². The molecule has 0 aromatic heterocycles. The van der Waals surface area contributed by atoms with E-state index in [1.165, 1.54) is 5.56 Å². The van der Waals surface area contributed by atoms with Gasteiger partial charge in [-0.05, 0) is 29.9 Å². The average molecular weight is 306 g/mol. The molecule has 23 heavy (non-hydrogen) atoms. The van der Waals surface area contributed by atoms with Crippen molar-refractivity contribution in [2.45, 2.75) is 32.1 Å². The fourth-order valence-electron chi connectivity index (χ4n) is 2.89. The largest absolute Gasteiger partial charge is 0.273 e. The van der Waals surface area contributed by atoms with Crippen LogP contribution in [0.2, 0.25) is 0 Å². The Morgan fingerprint density at radius 3 is 2.39 bits per heavy atom. The number of nitrogens with one attached hydrogen (secondary N) is 1. The van der Waals surface area contributed by atoms with Crippen molar-refractivity contribution >= 4 is 11.6 Å². The summed E-state index contributed by atoms with van der Waals surface area (Å²) in [7, 11) is 0. The van der Waals surface area contributed by atoms with Gasteiger partial charge >= 0.3 is 0 Å². The maximum atomic E-state index is 12.3. The topological polar surface area (TPSA) is 41.5 Å². The molecular weight excluding hydrogens is 284 g/mol. The lowest BCUT2D eigenvalue weighted by Gasteiger charge is -2.06. The number of hydrogen-bond donors (Lipinski definition) is 1. The van der Waals surface area contributed by atoms with Crippen molar-refractivity contribution in [2.75, 3.05) is 0 Å². The van der Waals surface area contributed by atoms with Crippen molar-refractivity contribution in [1.82, 2.24) is 5.43 Å². The molecule has 0 radical (unpaired) electrons. The van der Waals surface area contributed by atoms with Gasteiger partial charge in [0.25, 0.3) is 0 Å². The third-order valence-corrected chi connectivity index (χ3v) is 4.25. The van der Waals surface area contributed by atoms with Crippen LogP contribution >= 0.6 is 0 Å². The zero-order chi connectivity index (χ0) is 16.1. The van der Waals surface area contributed by atoms with E-state index in [9.17, 15) is 4.79 Å². The highest BCUT2D eigenvalue weighted by Gasteiger charge is 2.43. The fraction of sp³-hybridized carbons (Fsp3) is 0.300. The lowest BCUT2D eigenvalue weighted by molar-refractivity contribution is -0.122. The van der Waals surface area contributed by atoms with Gasteiger partial charge in [-0.3, -0.25) is 4.79 Å². The Morgan fingerprint density at radius 1 is 1.09 bits per heavy atom. The Labute approximate surface area is 137 Å². The third kappa shape index (κ3) is 3.86. The molecule has 2 atom stereocenters. The van der Waals surface area contributed by atoms with Gasteiger partial charge in [0.1, 0.15) is 0 Å². The molecule has 0 heterocycles. The number of rotatable bonds is 6. The van der Waals surface area contributed by atoms with E-state index in [-0.39, 0.29) is 11.8 Å². The number of carbonyl (C=O) groups excluding carboxylic acids is 1. The average Bonchev–Trinajstić information content (AvgIpc) is 3.41. The van der Waals surface area contributed by atoms with Crippen LogP contribution in [0.1, 0.15) is 43.2 Å². The monoisotopic (exact) mass is 306 g/mol. The number of amides is 1. The molecule has 1 N–H and O–H groups in total. The molecule has 1 saturated carbocycles. The van der Waals surface area contributed by atoms with E-state index in [1.54, 1.807) is 0 Å². The molecular formula is C20H22N2O. The summed E-state index contributed by atoms with van der Waals surface area (Å²) in [5.74, 6) is 0.431. The van der Waals surface area contributed by atoms with Gasteiger partial charge in [0.15, 0.2) is 0 Å². The minimum Gasteiger partial charge on any atom is -0.273 e. The van der Waals surface area contributed by atoms with Crippen molar-refractivity contribution in [3.63, 3.8) is 0 Å². The zero-order valence-electron chi connectivity index (χ0n) is 13.4. The van der Waals surface area contributed by atoms with E-state index in [0.717, 1.165) is 30.5 Å². The van der Waals surface area contributed by atoms with Crippen LogP contribution in [0.3, 0.4) is 0 Å². The van der Waals surface area contributed by atoms with Crippen molar-refractivity contribution in [2.24, 2.45) is 11.0 Å². The van der Waals surface area contributed by atoms with Crippen LogP contribution in [0.4, 0.5) is 0 Å². The zero-order valence-corrected chi connectivity index (χ0v) is 13.4. The van der Waals surface area contributed by atoms with Crippen molar-refractivity contribution in [3.05, 3.63) is 71.8 Å². The first kappa shape index (κ1) is 15.5.